The molecule has 3 heteroatoms. The minimum absolute atomic E-state index is 0.273. The molecule has 2 aliphatic heterocycles. The van der Waals surface area contributed by atoms with E-state index in [-0.39, 0.29) is 5.41 Å². The molecular weight excluding hydrogens is 398 g/mol. The average Bonchev–Trinajstić information content (AvgIpc) is 2.92. The molecule has 3 aromatic carbocycles. The largest absolute Gasteiger partial charge is 0.463 e. The maximum Gasteiger partial charge on any atom is 0.211 e. The number of aryl methyl sites for hydroxylation is 2. The Hall–Kier alpha value is -2.91. The Balaban J connectivity index is 1.60. The molecule has 0 bridgehead atoms. The number of benzene rings is 3. The summed E-state index contributed by atoms with van der Waals surface area (Å²) in [5.41, 5.74) is 7.29. The molecule has 1 atom stereocenters. The van der Waals surface area contributed by atoms with E-state index in [1.54, 1.807) is 0 Å². The topological polar surface area (TPSA) is 12.5 Å². The molecule has 0 saturated carbocycles. The van der Waals surface area contributed by atoms with Crippen LogP contribution in [0, 0.1) is 13.8 Å². The molecule has 0 aromatic heterocycles. The third-order valence-electron chi connectivity index (χ3n) is 6.92. The van der Waals surface area contributed by atoms with Gasteiger partial charge in [-0.15, -0.1) is 0 Å². The highest BCUT2D eigenvalue weighted by molar-refractivity contribution is 7.81. The number of fused-ring (bicyclic) bond motifs is 2. The highest BCUT2D eigenvalue weighted by Gasteiger charge is 2.57. The lowest BCUT2D eigenvalue weighted by Gasteiger charge is -2.46. The van der Waals surface area contributed by atoms with Crippen LogP contribution >= 0.6 is 12.2 Å². The fourth-order valence-corrected chi connectivity index (χ4v) is 5.44. The third-order valence-corrected chi connectivity index (χ3v) is 7.39. The van der Waals surface area contributed by atoms with Gasteiger partial charge in [-0.25, -0.2) is 0 Å². The van der Waals surface area contributed by atoms with Gasteiger partial charge in [-0.1, -0.05) is 60.2 Å². The summed E-state index contributed by atoms with van der Waals surface area (Å²) in [6, 6.07) is 21.2. The molecule has 156 valence electrons. The van der Waals surface area contributed by atoms with Crippen molar-refractivity contribution in [2.75, 3.05) is 11.9 Å². The number of ether oxygens (including phenoxy) is 1. The lowest BCUT2D eigenvalue weighted by Crippen LogP contribution is -2.58. The van der Waals surface area contributed by atoms with Crippen LogP contribution in [0.5, 0.6) is 5.75 Å². The Labute approximate surface area is 190 Å². The number of likely N-dealkylation sites (N-methyl/N-ethyl adjacent to an activating group) is 1. The van der Waals surface area contributed by atoms with E-state index >= 15 is 0 Å². The third kappa shape index (κ3) is 2.80. The van der Waals surface area contributed by atoms with E-state index in [0.29, 0.717) is 0 Å². The molecule has 1 spiro atoms. The Morgan fingerprint density at radius 2 is 1.68 bits per heavy atom. The van der Waals surface area contributed by atoms with Gasteiger partial charge in [0.25, 0.3) is 0 Å². The first-order valence-corrected chi connectivity index (χ1v) is 11.1. The van der Waals surface area contributed by atoms with Gasteiger partial charge in [-0.3, -0.25) is 0 Å². The van der Waals surface area contributed by atoms with E-state index in [4.69, 9.17) is 17.0 Å². The number of nitrogens with zero attached hydrogens (tertiary/aromatic N) is 1. The van der Waals surface area contributed by atoms with Crippen LogP contribution in [0.2, 0.25) is 0 Å². The van der Waals surface area contributed by atoms with Gasteiger partial charge in [0.15, 0.2) is 0 Å². The van der Waals surface area contributed by atoms with Crippen LogP contribution in [0.1, 0.15) is 47.2 Å². The van der Waals surface area contributed by atoms with Gasteiger partial charge in [0.1, 0.15) is 5.75 Å². The summed E-state index contributed by atoms with van der Waals surface area (Å²) in [6.07, 6.45) is 4.45. The molecule has 0 amide bonds. The summed E-state index contributed by atoms with van der Waals surface area (Å²) in [5.74, 6) is 0.973. The van der Waals surface area contributed by atoms with Gasteiger partial charge in [0, 0.05) is 18.3 Å². The summed E-state index contributed by atoms with van der Waals surface area (Å²) >= 11 is 5.83. The lowest BCUT2D eigenvalue weighted by molar-refractivity contribution is 0.0574. The fourth-order valence-electron chi connectivity index (χ4n) is 5.18. The smallest absolute Gasteiger partial charge is 0.211 e. The van der Waals surface area contributed by atoms with Crippen molar-refractivity contribution < 1.29 is 4.74 Å². The number of hydrogen-bond donors (Lipinski definition) is 0. The SMILES string of the molecule is Cc1cc(C)c2c(c1)C=CC1(O2)N(C)c2ccc(C(=S)c3ccccc3)cc2C1(C)C. The van der Waals surface area contributed by atoms with Gasteiger partial charge in [0.2, 0.25) is 5.72 Å². The van der Waals surface area contributed by atoms with Crippen LogP contribution in [0.25, 0.3) is 6.08 Å². The standard InChI is InChI=1S/C28H27NOS/c1-18-15-19(2)25-21(16-18)13-14-28(30-25)27(3,4)23-17-22(11-12-24(23)29(28)5)26(31)20-9-7-6-8-10-20/h6-17H,1-5H3. The second-order valence-electron chi connectivity index (χ2n) is 9.24. The Bertz CT molecular complexity index is 1240. The summed E-state index contributed by atoms with van der Waals surface area (Å²) in [7, 11) is 2.13. The van der Waals surface area contributed by atoms with Crippen molar-refractivity contribution in [3.8, 4) is 5.75 Å². The Morgan fingerprint density at radius 1 is 0.935 bits per heavy atom. The quantitative estimate of drug-likeness (QED) is 0.339. The Kier molecular flexibility index (Phi) is 4.39. The Morgan fingerprint density at radius 3 is 2.42 bits per heavy atom. The predicted molar refractivity (Wildman–Crippen MR) is 133 cm³/mol. The van der Waals surface area contributed by atoms with Crippen molar-refractivity contribution in [1.29, 1.82) is 0 Å². The first-order chi connectivity index (χ1) is 14.7. The van der Waals surface area contributed by atoms with E-state index in [0.717, 1.165) is 27.3 Å². The van der Waals surface area contributed by atoms with Crippen LogP contribution in [0.3, 0.4) is 0 Å². The molecule has 0 aliphatic carbocycles. The van der Waals surface area contributed by atoms with Crippen molar-refractivity contribution >= 4 is 28.8 Å². The van der Waals surface area contributed by atoms with Gasteiger partial charge < -0.3 is 9.64 Å². The minimum Gasteiger partial charge on any atom is -0.463 e. The monoisotopic (exact) mass is 425 g/mol. The van der Waals surface area contributed by atoms with Crippen LogP contribution < -0.4 is 9.64 Å². The van der Waals surface area contributed by atoms with Gasteiger partial charge in [-0.05, 0) is 80.3 Å². The highest BCUT2D eigenvalue weighted by Crippen LogP contribution is 2.55. The first-order valence-electron chi connectivity index (χ1n) is 10.7. The number of anilines is 1. The number of thiocarbonyl (C=S) groups is 1. The average molecular weight is 426 g/mol. The maximum atomic E-state index is 6.87. The lowest BCUT2D eigenvalue weighted by atomic mass is 9.75. The summed E-state index contributed by atoms with van der Waals surface area (Å²) < 4.78 is 6.87. The highest BCUT2D eigenvalue weighted by atomic mass is 32.1. The molecule has 0 N–H and O–H groups in total. The maximum absolute atomic E-state index is 6.87. The second kappa shape index (κ2) is 6.80. The van der Waals surface area contributed by atoms with E-state index < -0.39 is 5.72 Å². The molecule has 1 unspecified atom stereocenters. The van der Waals surface area contributed by atoms with E-state index in [1.165, 1.54) is 22.4 Å². The van der Waals surface area contributed by atoms with Crippen molar-refractivity contribution in [2.45, 2.75) is 38.8 Å². The zero-order valence-corrected chi connectivity index (χ0v) is 19.5. The molecule has 0 radical (unpaired) electrons. The summed E-state index contributed by atoms with van der Waals surface area (Å²) in [5, 5.41) is 0. The molecule has 3 aromatic rings. The van der Waals surface area contributed by atoms with Crippen molar-refractivity contribution in [1.82, 2.24) is 0 Å². The summed E-state index contributed by atoms with van der Waals surface area (Å²) in [4.78, 5) is 3.15. The fraction of sp³-hybridized carbons (Fsp3) is 0.250. The molecule has 5 rings (SSSR count). The molecule has 0 saturated heterocycles. The number of rotatable bonds is 2. The van der Waals surface area contributed by atoms with Crippen molar-refractivity contribution in [3.63, 3.8) is 0 Å². The zero-order chi connectivity index (χ0) is 22.0. The van der Waals surface area contributed by atoms with Gasteiger partial charge in [-0.2, -0.15) is 0 Å². The van der Waals surface area contributed by atoms with E-state index in [1.807, 2.05) is 18.2 Å². The van der Waals surface area contributed by atoms with Gasteiger partial charge >= 0.3 is 0 Å². The van der Waals surface area contributed by atoms with Crippen molar-refractivity contribution in [3.05, 3.63) is 100 Å². The molecule has 2 aliphatic rings. The second-order valence-corrected chi connectivity index (χ2v) is 9.65. The minimum atomic E-state index is -0.588. The molecule has 31 heavy (non-hydrogen) atoms. The first kappa shape index (κ1) is 20.0. The summed E-state index contributed by atoms with van der Waals surface area (Å²) in [6.45, 7) is 8.79. The zero-order valence-electron chi connectivity index (χ0n) is 18.7. The normalized spacial score (nSPS) is 20.4. The van der Waals surface area contributed by atoms with Crippen LogP contribution in [-0.2, 0) is 5.41 Å². The van der Waals surface area contributed by atoms with Crippen molar-refractivity contribution in [2.24, 2.45) is 0 Å². The van der Waals surface area contributed by atoms with Gasteiger partial charge in [0.05, 0.1) is 10.3 Å². The molecule has 2 nitrogen and oxygen atoms in total. The molecular formula is C28H27NOS. The van der Waals surface area contributed by atoms with E-state index in [2.05, 4.69) is 94.3 Å². The predicted octanol–water partition coefficient (Wildman–Crippen LogP) is 6.60. The van der Waals surface area contributed by atoms with Crippen LogP contribution in [0.15, 0.2) is 66.7 Å². The molecule has 0 fully saturated rings. The number of hydrogen-bond acceptors (Lipinski definition) is 3. The molecule has 2 heterocycles. The van der Waals surface area contributed by atoms with E-state index in [9.17, 15) is 0 Å². The van der Waals surface area contributed by atoms with Crippen LogP contribution in [-0.4, -0.2) is 17.6 Å². The van der Waals surface area contributed by atoms with Crippen LogP contribution in [0.4, 0.5) is 5.69 Å².